The number of anilines is 1. The number of rotatable bonds is 5. The smallest absolute Gasteiger partial charge is 0.258 e. The van der Waals surface area contributed by atoms with E-state index in [1.165, 1.54) is 10.9 Å². The zero-order chi connectivity index (χ0) is 22.1. The van der Waals surface area contributed by atoms with Crippen molar-refractivity contribution in [2.45, 2.75) is 20.3 Å². The lowest BCUT2D eigenvalue weighted by Crippen LogP contribution is -2.22. The van der Waals surface area contributed by atoms with Crippen LogP contribution in [0.3, 0.4) is 0 Å². The van der Waals surface area contributed by atoms with E-state index in [1.807, 2.05) is 6.92 Å². The summed E-state index contributed by atoms with van der Waals surface area (Å²) in [6, 6.07) is 10.1. The number of aromatic amines is 1. The largest absolute Gasteiger partial charge is 0.463 e. The summed E-state index contributed by atoms with van der Waals surface area (Å²) in [5, 5.41) is 7.58. The van der Waals surface area contributed by atoms with Crippen LogP contribution < -0.4 is 10.9 Å². The summed E-state index contributed by atoms with van der Waals surface area (Å²) in [5.41, 5.74) is 1.66. The Morgan fingerprint density at radius 1 is 1.32 bits per heavy atom. The second-order valence-electron chi connectivity index (χ2n) is 6.69. The number of hydrogen-bond acceptors (Lipinski definition) is 5. The molecule has 0 saturated heterocycles. The fraction of sp³-hybridized carbons (Fsp3) is 0.143. The molecule has 0 fully saturated rings. The van der Waals surface area contributed by atoms with Crippen molar-refractivity contribution in [2.75, 3.05) is 5.32 Å². The van der Waals surface area contributed by atoms with Crippen molar-refractivity contribution in [1.29, 1.82) is 0 Å². The molecule has 1 aromatic carbocycles. The lowest BCUT2D eigenvalue weighted by atomic mass is 10.2. The van der Waals surface area contributed by atoms with E-state index < -0.39 is 5.91 Å². The number of hydrogen-bond donors (Lipinski definition) is 2. The van der Waals surface area contributed by atoms with Gasteiger partial charge in [-0.1, -0.05) is 34.5 Å². The van der Waals surface area contributed by atoms with Crippen molar-refractivity contribution in [3.05, 3.63) is 79.3 Å². The molecule has 0 bridgehead atoms. The fourth-order valence-corrected chi connectivity index (χ4v) is 3.71. The molecule has 1 amide bonds. The molecule has 3 aromatic heterocycles. The molecule has 0 spiro atoms. The molecule has 10 heteroatoms. The Hall–Kier alpha value is -3.17. The van der Waals surface area contributed by atoms with E-state index in [0.717, 1.165) is 0 Å². The number of benzene rings is 1. The van der Waals surface area contributed by atoms with Crippen LogP contribution in [0.4, 0.5) is 5.82 Å². The summed E-state index contributed by atoms with van der Waals surface area (Å²) in [4.78, 5) is 32.6. The molecule has 31 heavy (non-hydrogen) atoms. The molecule has 0 aliphatic heterocycles. The highest BCUT2D eigenvalue weighted by atomic mass is 79.9. The predicted octanol–water partition coefficient (Wildman–Crippen LogP) is 4.75. The lowest BCUT2D eigenvalue weighted by molar-refractivity contribution is 0.102. The molecule has 0 atom stereocenters. The van der Waals surface area contributed by atoms with Gasteiger partial charge < -0.3 is 9.73 Å². The summed E-state index contributed by atoms with van der Waals surface area (Å²) >= 11 is 9.54. The van der Waals surface area contributed by atoms with Gasteiger partial charge in [0, 0.05) is 21.8 Å². The van der Waals surface area contributed by atoms with Gasteiger partial charge in [0.15, 0.2) is 5.76 Å². The van der Waals surface area contributed by atoms with Crippen LogP contribution in [0.25, 0.3) is 17.4 Å². The minimum Gasteiger partial charge on any atom is -0.463 e. The number of H-pyrrole nitrogens is 1. The topological polar surface area (TPSA) is 106 Å². The van der Waals surface area contributed by atoms with E-state index in [4.69, 9.17) is 16.0 Å². The van der Waals surface area contributed by atoms with Gasteiger partial charge in [0.2, 0.25) is 5.95 Å². The molecule has 0 aliphatic rings. The van der Waals surface area contributed by atoms with E-state index in [1.54, 1.807) is 43.3 Å². The number of nitrogens with zero attached hydrogens (tertiary/aromatic N) is 3. The third-order valence-corrected chi connectivity index (χ3v) is 5.48. The van der Waals surface area contributed by atoms with Gasteiger partial charge in [-0.05, 0) is 43.7 Å². The monoisotopic (exact) mass is 501 g/mol. The van der Waals surface area contributed by atoms with Crippen molar-refractivity contribution in [2.24, 2.45) is 0 Å². The van der Waals surface area contributed by atoms with Gasteiger partial charge in [0.25, 0.3) is 11.5 Å². The van der Waals surface area contributed by atoms with Gasteiger partial charge in [-0.2, -0.15) is 9.78 Å². The number of nitrogens with one attached hydrogen (secondary N) is 2. The Kier molecular flexibility index (Phi) is 5.79. The van der Waals surface area contributed by atoms with E-state index in [9.17, 15) is 9.59 Å². The van der Waals surface area contributed by atoms with Crippen molar-refractivity contribution in [3.63, 3.8) is 0 Å². The summed E-state index contributed by atoms with van der Waals surface area (Å²) in [7, 11) is 0. The third-order valence-electron chi connectivity index (χ3n) is 4.66. The van der Waals surface area contributed by atoms with Crippen molar-refractivity contribution in [3.8, 4) is 17.4 Å². The highest BCUT2D eigenvalue weighted by Gasteiger charge is 2.19. The minimum atomic E-state index is -0.442. The zero-order valence-corrected chi connectivity index (χ0v) is 18.9. The number of furan rings is 1. The maximum Gasteiger partial charge on any atom is 0.258 e. The first-order valence-electron chi connectivity index (χ1n) is 9.38. The summed E-state index contributed by atoms with van der Waals surface area (Å²) < 4.78 is 7.49. The SMILES string of the molecule is CCc1c(C)nc(-n2nc(-c3ccco3)cc2NC(=O)c2cc(Br)ccc2Cl)[nH]c1=O. The van der Waals surface area contributed by atoms with Crippen LogP contribution in [0.15, 0.2) is 56.3 Å². The number of aromatic nitrogens is 4. The maximum absolute atomic E-state index is 12.9. The van der Waals surface area contributed by atoms with Crippen LogP contribution in [0.2, 0.25) is 5.02 Å². The average Bonchev–Trinajstić information content (AvgIpc) is 3.39. The van der Waals surface area contributed by atoms with Gasteiger partial charge >= 0.3 is 0 Å². The van der Waals surface area contributed by atoms with Crippen LogP contribution in [0, 0.1) is 6.92 Å². The molecule has 4 rings (SSSR count). The zero-order valence-electron chi connectivity index (χ0n) is 16.6. The molecule has 8 nitrogen and oxygen atoms in total. The number of aryl methyl sites for hydroxylation is 1. The quantitative estimate of drug-likeness (QED) is 0.409. The number of amides is 1. The second-order valence-corrected chi connectivity index (χ2v) is 8.01. The first kappa shape index (κ1) is 21.1. The van der Waals surface area contributed by atoms with E-state index in [-0.39, 0.29) is 17.1 Å². The Morgan fingerprint density at radius 2 is 2.13 bits per heavy atom. The molecule has 3 heterocycles. The average molecular weight is 503 g/mol. The van der Waals surface area contributed by atoms with Crippen molar-refractivity contribution >= 4 is 39.3 Å². The van der Waals surface area contributed by atoms with Crippen LogP contribution in [0.5, 0.6) is 0 Å². The standard InChI is InChI=1S/C21H17BrClN5O3/c1-3-13-11(2)24-21(26-19(13)29)28-18(10-16(27-28)17-5-4-8-31-17)25-20(30)14-9-12(22)6-7-15(14)23/h4-10H,3H2,1-2H3,(H,25,30)(H,24,26,29). The van der Waals surface area contributed by atoms with Gasteiger partial charge in [0.05, 0.1) is 16.8 Å². The molecule has 4 aromatic rings. The highest BCUT2D eigenvalue weighted by Crippen LogP contribution is 2.26. The minimum absolute atomic E-state index is 0.174. The fourth-order valence-electron chi connectivity index (χ4n) is 3.14. The Morgan fingerprint density at radius 3 is 2.81 bits per heavy atom. The second kappa shape index (κ2) is 8.52. The molecule has 0 radical (unpaired) electrons. The first-order valence-corrected chi connectivity index (χ1v) is 10.5. The summed E-state index contributed by atoms with van der Waals surface area (Å²) in [6.07, 6.45) is 2.07. The Balaban J connectivity index is 1.81. The van der Waals surface area contributed by atoms with E-state index in [0.29, 0.717) is 44.4 Å². The van der Waals surface area contributed by atoms with Gasteiger partial charge in [-0.3, -0.25) is 14.6 Å². The van der Waals surface area contributed by atoms with Gasteiger partial charge in [-0.15, -0.1) is 0 Å². The predicted molar refractivity (Wildman–Crippen MR) is 121 cm³/mol. The molecule has 2 N–H and O–H groups in total. The molecule has 0 unspecified atom stereocenters. The normalized spacial score (nSPS) is 11.0. The van der Waals surface area contributed by atoms with Crippen LogP contribution in [-0.2, 0) is 6.42 Å². The van der Waals surface area contributed by atoms with Crippen LogP contribution >= 0.6 is 27.5 Å². The van der Waals surface area contributed by atoms with E-state index in [2.05, 4.69) is 36.3 Å². The third kappa shape index (κ3) is 4.19. The van der Waals surface area contributed by atoms with Gasteiger partial charge in [-0.25, -0.2) is 4.98 Å². The Bertz CT molecular complexity index is 1330. The molecule has 0 aliphatic carbocycles. The van der Waals surface area contributed by atoms with Crippen molar-refractivity contribution < 1.29 is 9.21 Å². The van der Waals surface area contributed by atoms with Crippen molar-refractivity contribution in [1.82, 2.24) is 19.7 Å². The summed E-state index contributed by atoms with van der Waals surface area (Å²) in [5.74, 6) is 0.522. The van der Waals surface area contributed by atoms with E-state index >= 15 is 0 Å². The van der Waals surface area contributed by atoms with Gasteiger partial charge in [0.1, 0.15) is 11.5 Å². The number of carbonyl (C=O) groups is 1. The number of halogens is 2. The van der Waals surface area contributed by atoms with Crippen LogP contribution in [0.1, 0.15) is 28.5 Å². The number of carbonyl (C=O) groups excluding carboxylic acids is 1. The molecular weight excluding hydrogens is 486 g/mol. The lowest BCUT2D eigenvalue weighted by Gasteiger charge is -2.10. The Labute approximate surface area is 190 Å². The highest BCUT2D eigenvalue weighted by molar-refractivity contribution is 9.10. The summed E-state index contributed by atoms with van der Waals surface area (Å²) in [6.45, 7) is 3.64. The van der Waals surface area contributed by atoms with Crippen LogP contribution in [-0.4, -0.2) is 25.7 Å². The first-order chi connectivity index (χ1) is 14.9. The molecular formula is C21H17BrClN5O3. The molecule has 0 saturated carbocycles. The molecule has 158 valence electrons. The maximum atomic E-state index is 12.9.